The van der Waals surface area contributed by atoms with Gasteiger partial charge in [-0.15, -0.1) is 0 Å². The van der Waals surface area contributed by atoms with Crippen molar-refractivity contribution >= 4 is 5.91 Å². The van der Waals surface area contributed by atoms with Gasteiger partial charge in [0.1, 0.15) is 0 Å². The number of pyridine rings is 1. The Labute approximate surface area is 138 Å². The van der Waals surface area contributed by atoms with E-state index in [2.05, 4.69) is 28.1 Å². The molecule has 2 heterocycles. The van der Waals surface area contributed by atoms with E-state index in [1.807, 2.05) is 36.5 Å². The number of aromatic nitrogens is 1. The minimum atomic E-state index is 0.291. The maximum atomic E-state index is 12.5. The number of rotatable bonds is 5. The van der Waals surface area contributed by atoms with E-state index in [1.165, 1.54) is 12.0 Å². The van der Waals surface area contributed by atoms with E-state index < -0.39 is 0 Å². The molecule has 3 rings (SSSR count). The number of aryl methyl sites for hydroxylation is 1. The standard InChI is InChI=1S/C20H24N2O/c23-20(12-11-17-7-2-1-3-8-17)22-14-6-9-18(16-22)15-19-10-4-5-13-21-19/h1-5,7-8,10,13,18H,6,9,11-12,14-16H2. The number of hydrogen-bond acceptors (Lipinski definition) is 2. The van der Waals surface area contributed by atoms with Crippen LogP contribution < -0.4 is 0 Å². The lowest BCUT2D eigenvalue weighted by atomic mass is 9.93. The Morgan fingerprint density at radius 3 is 2.74 bits per heavy atom. The van der Waals surface area contributed by atoms with E-state index in [4.69, 9.17) is 0 Å². The number of hydrogen-bond donors (Lipinski definition) is 0. The summed E-state index contributed by atoms with van der Waals surface area (Å²) in [6.45, 7) is 1.79. The van der Waals surface area contributed by atoms with Crippen molar-refractivity contribution in [3.8, 4) is 0 Å². The number of carbonyl (C=O) groups is 1. The molecular weight excluding hydrogens is 284 g/mol. The topological polar surface area (TPSA) is 33.2 Å². The maximum absolute atomic E-state index is 12.5. The van der Waals surface area contributed by atoms with Gasteiger partial charge >= 0.3 is 0 Å². The Morgan fingerprint density at radius 1 is 1.13 bits per heavy atom. The smallest absolute Gasteiger partial charge is 0.222 e. The fraction of sp³-hybridized carbons (Fsp3) is 0.400. The Bertz CT molecular complexity index is 612. The Kier molecular flexibility index (Phi) is 5.41. The van der Waals surface area contributed by atoms with Gasteiger partial charge in [-0.05, 0) is 49.3 Å². The third-order valence-electron chi connectivity index (χ3n) is 4.57. The van der Waals surface area contributed by atoms with E-state index >= 15 is 0 Å². The molecule has 0 bridgehead atoms. The molecule has 0 aliphatic carbocycles. The summed E-state index contributed by atoms with van der Waals surface area (Å²) in [6.07, 6.45) is 6.57. The highest BCUT2D eigenvalue weighted by Crippen LogP contribution is 2.21. The summed E-state index contributed by atoms with van der Waals surface area (Å²) in [5.41, 5.74) is 2.37. The lowest BCUT2D eigenvalue weighted by molar-refractivity contribution is -0.133. The van der Waals surface area contributed by atoms with Crippen molar-refractivity contribution in [3.05, 3.63) is 66.0 Å². The van der Waals surface area contributed by atoms with Gasteiger partial charge in [-0.25, -0.2) is 0 Å². The summed E-state index contributed by atoms with van der Waals surface area (Å²) in [6, 6.07) is 16.3. The average Bonchev–Trinajstić information content (AvgIpc) is 2.62. The van der Waals surface area contributed by atoms with Crippen molar-refractivity contribution in [2.45, 2.75) is 32.1 Å². The first-order chi connectivity index (χ1) is 11.3. The highest BCUT2D eigenvalue weighted by atomic mass is 16.2. The molecule has 1 saturated heterocycles. The molecule has 1 aromatic heterocycles. The van der Waals surface area contributed by atoms with Gasteiger partial charge in [0.15, 0.2) is 0 Å². The third-order valence-corrected chi connectivity index (χ3v) is 4.57. The third kappa shape index (κ3) is 4.65. The number of piperidine rings is 1. The first-order valence-electron chi connectivity index (χ1n) is 8.53. The molecule has 0 radical (unpaired) electrons. The molecule has 1 fully saturated rings. The molecule has 2 aromatic rings. The molecule has 3 heteroatoms. The Balaban J connectivity index is 1.50. The van der Waals surface area contributed by atoms with Gasteiger partial charge in [0, 0.05) is 31.4 Å². The fourth-order valence-electron chi connectivity index (χ4n) is 3.33. The van der Waals surface area contributed by atoms with Crippen LogP contribution in [-0.4, -0.2) is 28.9 Å². The number of benzene rings is 1. The van der Waals surface area contributed by atoms with Crippen molar-refractivity contribution in [2.24, 2.45) is 5.92 Å². The first kappa shape index (κ1) is 15.7. The molecule has 1 amide bonds. The fourth-order valence-corrected chi connectivity index (χ4v) is 3.33. The van der Waals surface area contributed by atoms with Gasteiger partial charge in [0.2, 0.25) is 5.91 Å². The summed E-state index contributed by atoms with van der Waals surface area (Å²) in [5, 5.41) is 0. The molecule has 0 spiro atoms. The van der Waals surface area contributed by atoms with E-state index in [9.17, 15) is 4.79 Å². The summed E-state index contributed by atoms with van der Waals surface area (Å²) < 4.78 is 0. The van der Waals surface area contributed by atoms with Gasteiger partial charge in [-0.1, -0.05) is 36.4 Å². The summed E-state index contributed by atoms with van der Waals surface area (Å²) in [7, 11) is 0. The highest BCUT2D eigenvalue weighted by molar-refractivity contribution is 5.76. The van der Waals surface area contributed by atoms with E-state index in [-0.39, 0.29) is 0 Å². The van der Waals surface area contributed by atoms with Crippen LogP contribution in [0.1, 0.15) is 30.5 Å². The average molecular weight is 308 g/mol. The van der Waals surface area contributed by atoms with Crippen molar-refractivity contribution in [2.75, 3.05) is 13.1 Å². The maximum Gasteiger partial charge on any atom is 0.222 e. The van der Waals surface area contributed by atoms with Crippen molar-refractivity contribution in [1.29, 1.82) is 0 Å². The molecule has 1 aliphatic heterocycles. The predicted molar refractivity (Wildman–Crippen MR) is 92.0 cm³/mol. The second-order valence-electron chi connectivity index (χ2n) is 6.36. The van der Waals surface area contributed by atoms with E-state index in [1.54, 1.807) is 0 Å². The minimum absolute atomic E-state index is 0.291. The zero-order chi connectivity index (χ0) is 15.9. The molecule has 120 valence electrons. The monoisotopic (exact) mass is 308 g/mol. The second-order valence-corrected chi connectivity index (χ2v) is 6.36. The van der Waals surface area contributed by atoms with Crippen molar-refractivity contribution in [3.63, 3.8) is 0 Å². The van der Waals surface area contributed by atoms with Crippen LogP contribution in [0.3, 0.4) is 0 Å². The lowest BCUT2D eigenvalue weighted by Crippen LogP contribution is -2.40. The number of likely N-dealkylation sites (tertiary alicyclic amines) is 1. The minimum Gasteiger partial charge on any atom is -0.342 e. The van der Waals surface area contributed by atoms with Crippen LogP contribution in [0.5, 0.6) is 0 Å². The molecule has 0 saturated carbocycles. The summed E-state index contributed by atoms with van der Waals surface area (Å²) >= 11 is 0. The number of carbonyl (C=O) groups excluding carboxylic acids is 1. The van der Waals surface area contributed by atoms with Crippen LogP contribution in [0, 0.1) is 5.92 Å². The van der Waals surface area contributed by atoms with Crippen LogP contribution in [0.15, 0.2) is 54.7 Å². The number of nitrogens with zero attached hydrogens (tertiary/aromatic N) is 2. The predicted octanol–water partition coefficient (Wildman–Crippen LogP) is 3.50. The lowest BCUT2D eigenvalue weighted by Gasteiger charge is -2.33. The van der Waals surface area contributed by atoms with Gasteiger partial charge < -0.3 is 4.90 Å². The largest absolute Gasteiger partial charge is 0.342 e. The zero-order valence-electron chi connectivity index (χ0n) is 13.5. The molecule has 3 nitrogen and oxygen atoms in total. The Morgan fingerprint density at radius 2 is 1.96 bits per heavy atom. The highest BCUT2D eigenvalue weighted by Gasteiger charge is 2.23. The van der Waals surface area contributed by atoms with E-state index in [0.717, 1.165) is 38.0 Å². The Hall–Kier alpha value is -2.16. The van der Waals surface area contributed by atoms with Crippen LogP contribution in [0.4, 0.5) is 0 Å². The second kappa shape index (κ2) is 7.91. The molecule has 1 aromatic carbocycles. The van der Waals surface area contributed by atoms with Gasteiger partial charge in [0.05, 0.1) is 0 Å². The van der Waals surface area contributed by atoms with Crippen LogP contribution in [0.25, 0.3) is 0 Å². The first-order valence-corrected chi connectivity index (χ1v) is 8.53. The summed E-state index contributed by atoms with van der Waals surface area (Å²) in [4.78, 5) is 19.0. The van der Waals surface area contributed by atoms with Gasteiger partial charge in [-0.2, -0.15) is 0 Å². The zero-order valence-corrected chi connectivity index (χ0v) is 13.5. The SMILES string of the molecule is O=C(CCc1ccccc1)N1CCCC(Cc2ccccn2)C1. The van der Waals surface area contributed by atoms with Crippen molar-refractivity contribution in [1.82, 2.24) is 9.88 Å². The molecule has 0 N–H and O–H groups in total. The van der Waals surface area contributed by atoms with Gasteiger partial charge in [-0.3, -0.25) is 9.78 Å². The molecule has 1 aliphatic rings. The quantitative estimate of drug-likeness (QED) is 0.847. The van der Waals surface area contributed by atoms with Gasteiger partial charge in [0.25, 0.3) is 0 Å². The van der Waals surface area contributed by atoms with Crippen LogP contribution in [0.2, 0.25) is 0 Å². The molecular formula is C20H24N2O. The number of amides is 1. The van der Waals surface area contributed by atoms with Crippen LogP contribution in [-0.2, 0) is 17.6 Å². The normalized spacial score (nSPS) is 17.9. The molecule has 1 unspecified atom stereocenters. The summed E-state index contributed by atoms with van der Waals surface area (Å²) in [5.74, 6) is 0.832. The van der Waals surface area contributed by atoms with E-state index in [0.29, 0.717) is 18.2 Å². The van der Waals surface area contributed by atoms with Crippen LogP contribution >= 0.6 is 0 Å². The van der Waals surface area contributed by atoms with Crippen molar-refractivity contribution < 1.29 is 4.79 Å². The molecule has 1 atom stereocenters. The molecule has 23 heavy (non-hydrogen) atoms.